The van der Waals surface area contributed by atoms with E-state index in [2.05, 4.69) is 0 Å². The Morgan fingerprint density at radius 2 is 1.00 bits per heavy atom. The fraction of sp³-hybridized carbons (Fsp3) is 1.00. The standard InChI is InChI=1S/2C4H10O3S.Na/c2*1-2-3-4-8(5,6)7;/h2*2-4H2,1H3,(H,5,6,7);/q;;+1/p-2. The van der Waals surface area contributed by atoms with Gasteiger partial charge in [-0.3, -0.25) is 0 Å². The Labute approximate surface area is 126 Å². The van der Waals surface area contributed by atoms with E-state index >= 15 is 0 Å². The summed E-state index contributed by atoms with van der Waals surface area (Å²) in [5.41, 5.74) is 0. The summed E-state index contributed by atoms with van der Waals surface area (Å²) in [5, 5.41) is 0. The van der Waals surface area contributed by atoms with Crippen molar-refractivity contribution in [1.29, 1.82) is 0 Å². The smallest absolute Gasteiger partial charge is 0.748 e. The van der Waals surface area contributed by atoms with E-state index in [-0.39, 0.29) is 41.1 Å². The molecule has 0 bridgehead atoms. The molecule has 0 aromatic heterocycles. The van der Waals surface area contributed by atoms with Crippen molar-refractivity contribution in [2.24, 2.45) is 0 Å². The molecule has 0 aliphatic heterocycles. The molecule has 0 atom stereocenters. The van der Waals surface area contributed by atoms with Crippen LogP contribution in [0.3, 0.4) is 0 Å². The summed E-state index contributed by atoms with van der Waals surface area (Å²) >= 11 is 0. The molecular formula is C8H18NaO6S2-. The van der Waals surface area contributed by atoms with Crippen LogP contribution in [-0.2, 0) is 20.2 Å². The molecule has 0 amide bonds. The van der Waals surface area contributed by atoms with Crippen LogP contribution in [0.5, 0.6) is 0 Å². The molecule has 100 valence electrons. The number of rotatable bonds is 6. The third-order valence-electron chi connectivity index (χ3n) is 1.50. The normalized spacial score (nSPS) is 11.1. The van der Waals surface area contributed by atoms with Crippen molar-refractivity contribution in [3.05, 3.63) is 0 Å². The SMILES string of the molecule is CCCCS(=O)(=O)[O-].CCCCS(=O)(=O)[O-].[Na+]. The third kappa shape index (κ3) is 31.6. The Kier molecular flexibility index (Phi) is 16.0. The Hall–Kier alpha value is 0.820. The van der Waals surface area contributed by atoms with Gasteiger partial charge in [0.05, 0.1) is 20.2 Å². The maximum absolute atomic E-state index is 9.83. The minimum absolute atomic E-state index is 0. The molecule has 0 spiro atoms. The van der Waals surface area contributed by atoms with Crippen molar-refractivity contribution in [2.45, 2.75) is 39.5 Å². The van der Waals surface area contributed by atoms with Gasteiger partial charge >= 0.3 is 29.6 Å². The first-order valence-corrected chi connectivity index (χ1v) is 8.15. The van der Waals surface area contributed by atoms with E-state index in [1.807, 2.05) is 13.8 Å². The fourth-order valence-corrected chi connectivity index (χ4v) is 1.93. The van der Waals surface area contributed by atoms with Crippen LogP contribution in [0.25, 0.3) is 0 Å². The van der Waals surface area contributed by atoms with Crippen LogP contribution in [0.4, 0.5) is 0 Å². The molecule has 0 radical (unpaired) electrons. The molecule has 17 heavy (non-hydrogen) atoms. The van der Waals surface area contributed by atoms with Gasteiger partial charge in [-0.1, -0.05) is 26.7 Å². The molecule has 0 saturated heterocycles. The Balaban J connectivity index is -0.000000218. The van der Waals surface area contributed by atoms with E-state index in [1.165, 1.54) is 0 Å². The molecule has 0 aromatic rings. The summed E-state index contributed by atoms with van der Waals surface area (Å²) in [7, 11) is -7.87. The van der Waals surface area contributed by atoms with Crippen molar-refractivity contribution in [1.82, 2.24) is 0 Å². The van der Waals surface area contributed by atoms with Crippen LogP contribution in [0.1, 0.15) is 39.5 Å². The molecule has 6 nitrogen and oxygen atoms in total. The Morgan fingerprint density at radius 1 is 0.765 bits per heavy atom. The van der Waals surface area contributed by atoms with Crippen molar-refractivity contribution in [2.75, 3.05) is 11.5 Å². The first-order chi connectivity index (χ1) is 7.12. The molecule has 9 heteroatoms. The summed E-state index contributed by atoms with van der Waals surface area (Å²) in [6.45, 7) is 3.68. The number of hydrogen-bond acceptors (Lipinski definition) is 6. The second-order valence-corrected chi connectivity index (χ2v) is 6.28. The zero-order chi connectivity index (χ0) is 13.2. The monoisotopic (exact) mass is 297 g/mol. The minimum atomic E-state index is -3.94. The first-order valence-electron chi connectivity index (χ1n) is 4.99. The van der Waals surface area contributed by atoms with E-state index < -0.39 is 20.2 Å². The summed E-state index contributed by atoms with van der Waals surface area (Å²) in [4.78, 5) is 0. The van der Waals surface area contributed by atoms with Gasteiger partial charge in [0.25, 0.3) is 0 Å². The van der Waals surface area contributed by atoms with Crippen LogP contribution in [0.15, 0.2) is 0 Å². The average molecular weight is 297 g/mol. The van der Waals surface area contributed by atoms with Crippen LogP contribution in [0, 0.1) is 0 Å². The van der Waals surface area contributed by atoms with E-state index in [0.29, 0.717) is 12.8 Å². The van der Waals surface area contributed by atoms with E-state index in [9.17, 15) is 25.9 Å². The molecule has 0 aliphatic rings. The summed E-state index contributed by atoms with van der Waals surface area (Å²) in [5.74, 6) is -0.438. The van der Waals surface area contributed by atoms with Gasteiger partial charge in [0, 0.05) is 11.5 Å². The second-order valence-electron chi connectivity index (χ2n) is 3.23. The van der Waals surface area contributed by atoms with E-state index in [4.69, 9.17) is 0 Å². The average Bonchev–Trinajstić information content (AvgIpc) is 2.10. The molecular weight excluding hydrogens is 279 g/mol. The third-order valence-corrected chi connectivity index (χ3v) is 3.07. The predicted octanol–water partition coefficient (Wildman–Crippen LogP) is -2.33. The molecule has 0 fully saturated rings. The molecule has 0 N–H and O–H groups in total. The molecule has 0 heterocycles. The zero-order valence-electron chi connectivity index (χ0n) is 10.5. The predicted molar refractivity (Wildman–Crippen MR) is 58.9 cm³/mol. The van der Waals surface area contributed by atoms with Crippen molar-refractivity contribution >= 4 is 20.2 Å². The van der Waals surface area contributed by atoms with E-state index in [1.54, 1.807) is 0 Å². The summed E-state index contributed by atoms with van der Waals surface area (Å²) in [6.07, 6.45) is 2.46. The summed E-state index contributed by atoms with van der Waals surface area (Å²) in [6, 6.07) is 0. The van der Waals surface area contributed by atoms with Crippen molar-refractivity contribution < 1.29 is 55.5 Å². The maximum atomic E-state index is 9.83. The maximum Gasteiger partial charge on any atom is 1.00 e. The van der Waals surface area contributed by atoms with Crippen LogP contribution in [-0.4, -0.2) is 37.4 Å². The largest absolute Gasteiger partial charge is 1.00 e. The zero-order valence-corrected chi connectivity index (χ0v) is 14.1. The van der Waals surface area contributed by atoms with Gasteiger partial charge in [0.1, 0.15) is 0 Å². The molecule has 0 aliphatic carbocycles. The number of unbranched alkanes of at least 4 members (excludes halogenated alkanes) is 2. The topological polar surface area (TPSA) is 114 Å². The fourth-order valence-electron chi connectivity index (χ4n) is 0.642. The molecule has 0 rings (SSSR count). The molecule has 0 saturated carbocycles. The quantitative estimate of drug-likeness (QED) is 0.401. The summed E-state index contributed by atoms with van der Waals surface area (Å²) < 4.78 is 59.0. The van der Waals surface area contributed by atoms with Crippen LogP contribution >= 0.6 is 0 Å². The van der Waals surface area contributed by atoms with Gasteiger partial charge in [-0.15, -0.1) is 0 Å². The van der Waals surface area contributed by atoms with Gasteiger partial charge < -0.3 is 9.11 Å². The minimum Gasteiger partial charge on any atom is -0.748 e. The van der Waals surface area contributed by atoms with Crippen LogP contribution in [0.2, 0.25) is 0 Å². The van der Waals surface area contributed by atoms with Crippen molar-refractivity contribution in [3.63, 3.8) is 0 Å². The first kappa shape index (κ1) is 23.0. The van der Waals surface area contributed by atoms with Gasteiger partial charge in [-0.2, -0.15) is 0 Å². The Morgan fingerprint density at radius 3 is 1.06 bits per heavy atom. The van der Waals surface area contributed by atoms with E-state index in [0.717, 1.165) is 12.8 Å². The second kappa shape index (κ2) is 11.9. The van der Waals surface area contributed by atoms with Crippen LogP contribution < -0.4 is 29.6 Å². The van der Waals surface area contributed by atoms with Gasteiger partial charge in [0.2, 0.25) is 0 Å². The van der Waals surface area contributed by atoms with Gasteiger partial charge in [0.15, 0.2) is 0 Å². The number of hydrogen-bond donors (Lipinski definition) is 0. The van der Waals surface area contributed by atoms with Gasteiger partial charge in [-0.25, -0.2) is 16.8 Å². The molecule has 0 aromatic carbocycles. The molecule has 0 unspecified atom stereocenters. The Bertz CT molecular complexity index is 312. The van der Waals surface area contributed by atoms with Gasteiger partial charge in [-0.05, 0) is 12.8 Å². The van der Waals surface area contributed by atoms with Crippen molar-refractivity contribution in [3.8, 4) is 0 Å².